The first-order valence-electron chi connectivity index (χ1n) is 15.2. The van der Waals surface area contributed by atoms with E-state index in [1.165, 1.54) is 56.1 Å². The molecular formula is C29H56N2O11S6. The summed E-state index contributed by atoms with van der Waals surface area (Å²) >= 11 is 9.42. The van der Waals surface area contributed by atoms with Crippen molar-refractivity contribution in [1.29, 1.82) is 0 Å². The Morgan fingerprint density at radius 1 is 0.854 bits per heavy atom. The number of carbonyl (C=O) groups excluding carboxylic acids is 2. The predicted molar refractivity (Wildman–Crippen MR) is 207 cm³/mol. The van der Waals surface area contributed by atoms with Crippen LogP contribution < -0.4 is 11.1 Å². The number of rotatable bonds is 15. The van der Waals surface area contributed by atoms with Gasteiger partial charge in [-0.05, 0) is 65.0 Å². The van der Waals surface area contributed by atoms with Gasteiger partial charge >= 0.3 is 23.9 Å². The van der Waals surface area contributed by atoms with Crippen LogP contribution in [-0.2, 0) is 28.8 Å². The molecule has 9 N–H and O–H groups in total. The molecule has 0 bridgehead atoms. The van der Waals surface area contributed by atoms with Gasteiger partial charge in [-0.15, -0.1) is 23.5 Å². The molecule has 4 unspecified atom stereocenters. The Morgan fingerprint density at radius 3 is 1.65 bits per heavy atom. The third-order valence-corrected chi connectivity index (χ3v) is 12.2. The van der Waals surface area contributed by atoms with Crippen LogP contribution in [0.25, 0.3) is 0 Å². The van der Waals surface area contributed by atoms with Gasteiger partial charge in [0.2, 0.25) is 0 Å². The standard InChI is InChI=1S/C9H16O2S2.C8H14O2S2.C5H9NO2S.C3H7NO2S.2C2H4O.H2O/c10-9(11)4-2-1-3-8-5-6-12-7-13-8;9-8(10)4-2-1-3-7-5-6-11-12-7;1-3(5(7)8)6-4-2-9-4;4-2(7)1-3(5)6;2*1-2-3;/h8H,1-7H2,(H,10,11);7H,1-6H2,(H,9,10);3-4,6H,2H2,1H3,(H,7,8);2,7H,1,4H2,(H,5,6);2*2H,1H3;1H2/t;;3-,4?;;;;/m..0..../s1. The molecule has 0 saturated carbocycles. The monoisotopic (exact) mass is 800 g/mol. The summed E-state index contributed by atoms with van der Waals surface area (Å²) in [6.07, 6.45) is 11.0. The van der Waals surface area contributed by atoms with E-state index in [0.717, 1.165) is 54.5 Å². The quantitative estimate of drug-likeness (QED) is 0.0287. The van der Waals surface area contributed by atoms with E-state index in [-0.39, 0.29) is 11.9 Å². The molecule has 0 aromatic heterocycles. The lowest BCUT2D eigenvalue weighted by molar-refractivity contribution is -0.139. The van der Waals surface area contributed by atoms with Crippen molar-refractivity contribution in [1.82, 2.24) is 5.32 Å². The zero-order valence-electron chi connectivity index (χ0n) is 28.0. The van der Waals surface area contributed by atoms with Crippen molar-refractivity contribution in [3.63, 3.8) is 0 Å². The molecule has 5 atom stereocenters. The topological polar surface area (TPSA) is 253 Å². The first-order valence-corrected chi connectivity index (χ1v) is 21.3. The first kappa shape index (κ1) is 54.0. The number of carboxylic acid groups (broad SMARTS) is 4. The van der Waals surface area contributed by atoms with Gasteiger partial charge in [-0.1, -0.05) is 34.4 Å². The molecule has 19 heteroatoms. The number of aldehydes is 2. The summed E-state index contributed by atoms with van der Waals surface area (Å²) in [7, 11) is 3.92. The number of hydrogen-bond donors (Lipinski definition) is 7. The average molecular weight is 801 g/mol. The smallest absolute Gasteiger partial charge is 0.320 e. The van der Waals surface area contributed by atoms with Crippen molar-refractivity contribution in [3.8, 4) is 0 Å². The molecule has 3 aliphatic rings. The van der Waals surface area contributed by atoms with E-state index in [1.807, 2.05) is 45.1 Å². The fourth-order valence-electron chi connectivity index (χ4n) is 3.26. The normalized spacial score (nSPS) is 19.6. The molecule has 13 nitrogen and oxygen atoms in total. The fourth-order valence-corrected chi connectivity index (χ4v) is 9.78. The number of hydrogen-bond acceptors (Lipinski definition) is 14. The summed E-state index contributed by atoms with van der Waals surface area (Å²) in [6, 6.07) is -0.398. The lowest BCUT2D eigenvalue weighted by Crippen LogP contribution is -2.35. The number of unbranched alkanes of at least 4 members (excludes halogenated alkanes) is 2. The van der Waals surface area contributed by atoms with Gasteiger partial charge in [-0.3, -0.25) is 24.5 Å². The molecule has 0 aromatic rings. The summed E-state index contributed by atoms with van der Waals surface area (Å²) < 4.78 is 0. The van der Waals surface area contributed by atoms with Gasteiger partial charge < -0.3 is 41.2 Å². The van der Waals surface area contributed by atoms with Gasteiger partial charge in [-0.25, -0.2) is 0 Å². The number of thioether (sulfide) groups is 3. The highest BCUT2D eigenvalue weighted by atomic mass is 33.1. The van der Waals surface area contributed by atoms with Crippen molar-refractivity contribution < 1.29 is 54.7 Å². The molecule has 3 heterocycles. The SMILES string of the molecule is CC=O.CC=O.C[C@H](NC1CS1)C(=O)O.NC(S)CC(=O)O.O.O=C(O)CCCCC1CCSCS1.O=C(O)CCCCC1CCSS1. The Hall–Kier alpha value is -0.800. The van der Waals surface area contributed by atoms with Crippen molar-refractivity contribution >= 4 is 106 Å². The molecule has 3 saturated heterocycles. The lowest BCUT2D eigenvalue weighted by Gasteiger charge is -2.20. The van der Waals surface area contributed by atoms with Crippen LogP contribution >= 0.6 is 69.5 Å². The average Bonchev–Trinajstić information content (AvgIpc) is 3.65. The molecule has 0 radical (unpaired) electrons. The minimum Gasteiger partial charge on any atom is -0.481 e. The van der Waals surface area contributed by atoms with Gasteiger partial charge in [-0.2, -0.15) is 24.4 Å². The van der Waals surface area contributed by atoms with Crippen LogP contribution in [0.4, 0.5) is 0 Å². The summed E-state index contributed by atoms with van der Waals surface area (Å²) in [4.78, 5) is 57.9. The Kier molecular flexibility index (Phi) is 43.9. The third-order valence-electron chi connectivity index (χ3n) is 5.56. The van der Waals surface area contributed by atoms with Gasteiger partial charge in [0.1, 0.15) is 18.6 Å². The number of nitrogens with one attached hydrogen (secondary N) is 1. The minimum absolute atomic E-state index is 0. The van der Waals surface area contributed by atoms with E-state index < -0.39 is 35.3 Å². The number of carbonyl (C=O) groups is 6. The summed E-state index contributed by atoms with van der Waals surface area (Å²) in [6.45, 7) is 4.54. The van der Waals surface area contributed by atoms with Crippen molar-refractivity contribution in [2.24, 2.45) is 5.73 Å². The summed E-state index contributed by atoms with van der Waals surface area (Å²) in [5, 5.41) is 38.8. The zero-order valence-corrected chi connectivity index (χ0v) is 32.9. The highest BCUT2D eigenvalue weighted by Crippen LogP contribution is 2.39. The van der Waals surface area contributed by atoms with Crippen LogP contribution in [0.15, 0.2) is 0 Å². The number of carboxylic acids is 4. The Labute approximate surface area is 311 Å². The van der Waals surface area contributed by atoms with Crippen molar-refractivity contribution in [2.75, 3.05) is 22.3 Å². The van der Waals surface area contributed by atoms with E-state index in [4.69, 9.17) is 35.7 Å². The first-order chi connectivity index (χ1) is 22.2. The minimum atomic E-state index is -0.914. The summed E-state index contributed by atoms with van der Waals surface area (Å²) in [5.41, 5.74) is 4.98. The molecule has 0 aromatic carbocycles. The molecule has 3 rings (SSSR count). The molecule has 0 spiro atoms. The molecule has 48 heavy (non-hydrogen) atoms. The molecule has 0 aliphatic carbocycles. The second-order valence-corrected chi connectivity index (χ2v) is 17.3. The van der Waals surface area contributed by atoms with Crippen LogP contribution in [0.3, 0.4) is 0 Å². The highest BCUT2D eigenvalue weighted by Gasteiger charge is 2.26. The van der Waals surface area contributed by atoms with E-state index >= 15 is 0 Å². The van der Waals surface area contributed by atoms with Crippen LogP contribution in [0, 0.1) is 0 Å². The zero-order chi connectivity index (χ0) is 36.5. The summed E-state index contributed by atoms with van der Waals surface area (Å²) in [5.74, 6) is 0.600. The fraction of sp³-hybridized carbons (Fsp3) is 0.793. The van der Waals surface area contributed by atoms with E-state index in [2.05, 4.69) is 17.9 Å². The largest absolute Gasteiger partial charge is 0.481 e. The predicted octanol–water partition coefficient (Wildman–Crippen LogP) is 5.00. The molecule has 284 valence electrons. The van der Waals surface area contributed by atoms with Gasteiger partial charge in [0.05, 0.1) is 17.2 Å². The van der Waals surface area contributed by atoms with Crippen LogP contribution in [0.1, 0.15) is 91.4 Å². The van der Waals surface area contributed by atoms with E-state index in [9.17, 15) is 19.2 Å². The maximum atomic E-state index is 10.2. The Morgan fingerprint density at radius 2 is 1.33 bits per heavy atom. The van der Waals surface area contributed by atoms with E-state index in [1.54, 1.807) is 18.7 Å². The van der Waals surface area contributed by atoms with Crippen molar-refractivity contribution in [2.45, 2.75) is 119 Å². The lowest BCUT2D eigenvalue weighted by atomic mass is 10.1. The molecule has 0 amide bonds. The maximum Gasteiger partial charge on any atom is 0.320 e. The highest BCUT2D eigenvalue weighted by molar-refractivity contribution is 8.77. The second kappa shape index (κ2) is 39.0. The van der Waals surface area contributed by atoms with Crippen LogP contribution in [0.5, 0.6) is 0 Å². The van der Waals surface area contributed by atoms with Crippen LogP contribution in [-0.4, -0.2) is 112 Å². The number of aliphatic carboxylic acids is 4. The Balaban J connectivity index is -0.000000258. The third kappa shape index (κ3) is 47.3. The molecule has 3 fully saturated rings. The molecular weight excluding hydrogens is 745 g/mol. The van der Waals surface area contributed by atoms with Gasteiger partial charge in [0.15, 0.2) is 0 Å². The van der Waals surface area contributed by atoms with Gasteiger partial charge in [0.25, 0.3) is 0 Å². The van der Waals surface area contributed by atoms with Crippen molar-refractivity contribution in [3.05, 3.63) is 0 Å². The number of thiol groups is 1. The maximum absolute atomic E-state index is 10.2. The van der Waals surface area contributed by atoms with Crippen LogP contribution in [0.2, 0.25) is 0 Å². The number of nitrogens with two attached hydrogens (primary N) is 1. The van der Waals surface area contributed by atoms with E-state index in [0.29, 0.717) is 18.2 Å². The second-order valence-electron chi connectivity index (χ2n) is 9.90. The molecule has 3 aliphatic heterocycles. The van der Waals surface area contributed by atoms with Gasteiger partial charge in [0, 0.05) is 39.9 Å². The Bertz CT molecular complexity index is 825.